The number of hydrogen-bond donors (Lipinski definition) is 3. The molecule has 1 amide bonds. The normalized spacial score (nSPS) is 11.0. The van der Waals surface area contributed by atoms with Crippen LogP contribution >= 0.6 is 24.0 Å². The molecule has 0 aromatic heterocycles. The van der Waals surface area contributed by atoms with Crippen molar-refractivity contribution in [2.45, 2.75) is 13.0 Å². The predicted octanol–water partition coefficient (Wildman–Crippen LogP) is 2.50. The number of amides is 1. The summed E-state index contributed by atoms with van der Waals surface area (Å²) in [7, 11) is 5.73. The van der Waals surface area contributed by atoms with E-state index in [9.17, 15) is 4.79 Å². The lowest BCUT2D eigenvalue weighted by atomic mass is 10.1. The van der Waals surface area contributed by atoms with E-state index in [1.165, 1.54) is 5.56 Å². The smallest absolute Gasteiger partial charge is 0.251 e. The van der Waals surface area contributed by atoms with Crippen molar-refractivity contribution in [1.29, 1.82) is 0 Å². The summed E-state index contributed by atoms with van der Waals surface area (Å²) in [5.74, 6) is 0.700. The van der Waals surface area contributed by atoms with Crippen molar-refractivity contribution in [1.82, 2.24) is 20.9 Å². The number of aliphatic imine (C=N–C) groups is 1. The fraction of sp³-hybridized carbons (Fsp3) is 0.364. The molecule has 158 valence electrons. The molecule has 0 radical (unpaired) electrons. The Balaban J connectivity index is 0.00000420. The van der Waals surface area contributed by atoms with E-state index in [0.29, 0.717) is 18.7 Å². The van der Waals surface area contributed by atoms with Gasteiger partial charge in [0.15, 0.2) is 5.96 Å². The molecule has 0 saturated heterocycles. The van der Waals surface area contributed by atoms with E-state index in [2.05, 4.69) is 33.1 Å². The third-order valence-corrected chi connectivity index (χ3v) is 4.27. The van der Waals surface area contributed by atoms with Gasteiger partial charge in [-0.1, -0.05) is 42.5 Å². The fourth-order valence-electron chi connectivity index (χ4n) is 2.69. The Bertz CT molecular complexity index is 765. The van der Waals surface area contributed by atoms with Gasteiger partial charge in [-0.15, -0.1) is 24.0 Å². The first-order valence-corrected chi connectivity index (χ1v) is 9.59. The van der Waals surface area contributed by atoms with Crippen LogP contribution in [0.3, 0.4) is 0 Å². The molecule has 0 saturated carbocycles. The quantitative estimate of drug-likeness (QED) is 0.276. The van der Waals surface area contributed by atoms with Crippen molar-refractivity contribution in [3.05, 3.63) is 71.3 Å². The van der Waals surface area contributed by atoms with Crippen molar-refractivity contribution >= 4 is 35.8 Å². The average molecular weight is 509 g/mol. The van der Waals surface area contributed by atoms with Crippen LogP contribution in [0.15, 0.2) is 59.6 Å². The average Bonchev–Trinajstić information content (AvgIpc) is 2.71. The number of carbonyl (C=O) groups is 1. The highest BCUT2D eigenvalue weighted by molar-refractivity contribution is 14.0. The van der Waals surface area contributed by atoms with Crippen molar-refractivity contribution in [3.63, 3.8) is 0 Å². The van der Waals surface area contributed by atoms with E-state index >= 15 is 0 Å². The van der Waals surface area contributed by atoms with Gasteiger partial charge in [0.05, 0.1) is 0 Å². The second kappa shape index (κ2) is 13.9. The third-order valence-electron chi connectivity index (χ3n) is 4.27. The number of guanidine groups is 1. The predicted molar refractivity (Wildman–Crippen MR) is 131 cm³/mol. The van der Waals surface area contributed by atoms with E-state index in [0.717, 1.165) is 31.0 Å². The lowest BCUT2D eigenvalue weighted by Gasteiger charge is -2.13. The molecule has 0 spiro atoms. The molecule has 0 fully saturated rings. The highest BCUT2D eigenvalue weighted by Crippen LogP contribution is 2.05. The van der Waals surface area contributed by atoms with Crippen LogP contribution in [-0.4, -0.2) is 57.5 Å². The maximum Gasteiger partial charge on any atom is 0.251 e. The topological polar surface area (TPSA) is 68.8 Å². The summed E-state index contributed by atoms with van der Waals surface area (Å²) in [5.41, 5.74) is 3.00. The second-order valence-electron chi connectivity index (χ2n) is 6.85. The Kier molecular flexibility index (Phi) is 12.0. The van der Waals surface area contributed by atoms with Gasteiger partial charge in [0.1, 0.15) is 0 Å². The Morgan fingerprint density at radius 2 is 1.66 bits per heavy atom. The van der Waals surface area contributed by atoms with Crippen LogP contribution in [0, 0.1) is 0 Å². The summed E-state index contributed by atoms with van der Waals surface area (Å²) < 4.78 is 0. The Hall–Kier alpha value is -2.13. The first-order chi connectivity index (χ1) is 13.6. The molecule has 0 aliphatic heterocycles. The van der Waals surface area contributed by atoms with Gasteiger partial charge in [-0.25, -0.2) is 0 Å². The highest BCUT2D eigenvalue weighted by atomic mass is 127. The number of hydrogen-bond acceptors (Lipinski definition) is 3. The van der Waals surface area contributed by atoms with E-state index < -0.39 is 0 Å². The molecule has 3 N–H and O–H groups in total. The van der Waals surface area contributed by atoms with Crippen LogP contribution in [0.1, 0.15) is 21.5 Å². The second-order valence-corrected chi connectivity index (χ2v) is 6.85. The molecule has 2 rings (SSSR count). The van der Waals surface area contributed by atoms with Gasteiger partial charge in [0.25, 0.3) is 5.91 Å². The van der Waals surface area contributed by atoms with Gasteiger partial charge in [-0.05, 0) is 43.8 Å². The summed E-state index contributed by atoms with van der Waals surface area (Å²) in [6, 6.07) is 18.0. The minimum Gasteiger partial charge on any atom is -0.356 e. The van der Waals surface area contributed by atoms with Gasteiger partial charge < -0.3 is 20.9 Å². The minimum atomic E-state index is -0.0472. The molecule has 0 bridgehead atoms. The van der Waals surface area contributed by atoms with E-state index in [1.54, 1.807) is 7.05 Å². The van der Waals surface area contributed by atoms with Gasteiger partial charge in [0, 0.05) is 38.8 Å². The first-order valence-electron chi connectivity index (χ1n) is 9.59. The molecule has 29 heavy (non-hydrogen) atoms. The Morgan fingerprint density at radius 1 is 0.931 bits per heavy atom. The molecule has 0 heterocycles. The molecular formula is C22H32IN5O. The van der Waals surface area contributed by atoms with Gasteiger partial charge in [0.2, 0.25) is 0 Å². The van der Waals surface area contributed by atoms with Crippen LogP contribution in [0.25, 0.3) is 0 Å². The lowest BCUT2D eigenvalue weighted by Crippen LogP contribution is -2.37. The minimum absolute atomic E-state index is 0. The molecule has 0 aliphatic rings. The summed E-state index contributed by atoms with van der Waals surface area (Å²) >= 11 is 0. The lowest BCUT2D eigenvalue weighted by molar-refractivity contribution is 0.0951. The van der Waals surface area contributed by atoms with E-state index in [4.69, 9.17) is 0 Å². The van der Waals surface area contributed by atoms with Crippen molar-refractivity contribution in [2.24, 2.45) is 4.99 Å². The highest BCUT2D eigenvalue weighted by Gasteiger charge is 2.06. The number of benzene rings is 2. The number of carbonyl (C=O) groups excluding carboxylic acids is 1. The van der Waals surface area contributed by atoms with Crippen LogP contribution in [0.5, 0.6) is 0 Å². The van der Waals surface area contributed by atoms with E-state index in [1.807, 2.05) is 61.5 Å². The molecule has 2 aromatic rings. The standard InChI is InChI=1S/C22H31N5O.HI/c1-23-22(25-13-12-18-8-5-4-6-9-18)26-17-19-10-7-11-20(16-19)21(28)24-14-15-27(2)3;/h4-11,16H,12-15,17H2,1-3H3,(H,24,28)(H2,23,25,26);1H. The molecule has 0 unspecified atom stereocenters. The third kappa shape index (κ3) is 9.76. The molecule has 0 aliphatic carbocycles. The van der Waals surface area contributed by atoms with Crippen LogP contribution in [-0.2, 0) is 13.0 Å². The van der Waals surface area contributed by atoms with Crippen LogP contribution in [0.2, 0.25) is 0 Å². The number of likely N-dealkylation sites (N-methyl/N-ethyl adjacent to an activating group) is 1. The summed E-state index contributed by atoms with van der Waals surface area (Å²) in [6.07, 6.45) is 0.935. The number of nitrogens with zero attached hydrogens (tertiary/aromatic N) is 2. The molecular weight excluding hydrogens is 477 g/mol. The van der Waals surface area contributed by atoms with Crippen LogP contribution < -0.4 is 16.0 Å². The van der Waals surface area contributed by atoms with Crippen molar-refractivity contribution < 1.29 is 4.79 Å². The molecule has 0 atom stereocenters. The summed E-state index contributed by atoms with van der Waals surface area (Å²) in [6.45, 7) is 2.85. The maximum atomic E-state index is 12.3. The zero-order valence-corrected chi connectivity index (χ0v) is 19.8. The van der Waals surface area contributed by atoms with Crippen molar-refractivity contribution in [3.8, 4) is 0 Å². The van der Waals surface area contributed by atoms with Gasteiger partial charge in [-0.2, -0.15) is 0 Å². The first kappa shape index (κ1) is 24.9. The van der Waals surface area contributed by atoms with Gasteiger partial charge in [-0.3, -0.25) is 9.79 Å². The van der Waals surface area contributed by atoms with Crippen LogP contribution in [0.4, 0.5) is 0 Å². The Labute approximate surface area is 191 Å². The molecule has 2 aromatic carbocycles. The Morgan fingerprint density at radius 3 is 2.34 bits per heavy atom. The number of rotatable bonds is 9. The monoisotopic (exact) mass is 509 g/mol. The van der Waals surface area contributed by atoms with E-state index in [-0.39, 0.29) is 29.9 Å². The number of nitrogens with one attached hydrogen (secondary N) is 3. The number of halogens is 1. The largest absolute Gasteiger partial charge is 0.356 e. The summed E-state index contributed by atoms with van der Waals surface area (Å²) in [5, 5.41) is 9.56. The maximum absolute atomic E-state index is 12.3. The SMILES string of the molecule is CN=C(NCCc1ccccc1)NCc1cccc(C(=O)NCCN(C)C)c1.I. The van der Waals surface area contributed by atoms with Crippen molar-refractivity contribution in [2.75, 3.05) is 40.8 Å². The fourth-order valence-corrected chi connectivity index (χ4v) is 2.69. The molecule has 7 heteroatoms. The summed E-state index contributed by atoms with van der Waals surface area (Å²) in [4.78, 5) is 18.6. The zero-order valence-electron chi connectivity index (χ0n) is 17.4. The molecule has 6 nitrogen and oxygen atoms in total. The van der Waals surface area contributed by atoms with Gasteiger partial charge >= 0.3 is 0 Å². The zero-order chi connectivity index (χ0) is 20.2.